The number of carbonyl (C=O) groups is 2. The molecule has 1 aliphatic heterocycles. The fourth-order valence-corrected chi connectivity index (χ4v) is 9.57. The van der Waals surface area contributed by atoms with Crippen LogP contribution < -0.4 is 0 Å². The quantitative estimate of drug-likeness (QED) is 0.0445. The smallest absolute Gasteiger partial charge is 0.306 e. The van der Waals surface area contributed by atoms with Crippen molar-refractivity contribution in [2.75, 3.05) is 52.5 Å². The highest BCUT2D eigenvalue weighted by Gasteiger charge is 2.16. The van der Waals surface area contributed by atoms with Crippen LogP contribution in [0.5, 0.6) is 0 Å². The first kappa shape index (κ1) is 60.8. The van der Waals surface area contributed by atoms with Gasteiger partial charge in [0.2, 0.25) is 0 Å². The van der Waals surface area contributed by atoms with Crippen LogP contribution in [0.4, 0.5) is 0 Å². The Hall–Kier alpha value is -1.18. The lowest BCUT2D eigenvalue weighted by molar-refractivity contribution is -0.151. The first-order valence-corrected chi connectivity index (χ1v) is 28.9. The lowest BCUT2D eigenvalue weighted by Crippen LogP contribution is -2.38. The maximum absolute atomic E-state index is 12.9. The van der Waals surface area contributed by atoms with E-state index in [2.05, 4.69) is 37.5 Å². The highest BCUT2D eigenvalue weighted by atomic mass is 16.5. The third-order valence-electron chi connectivity index (χ3n) is 13.9. The maximum Gasteiger partial charge on any atom is 0.306 e. The van der Waals surface area contributed by atoms with Gasteiger partial charge in [-0.1, -0.05) is 195 Å². The maximum atomic E-state index is 12.9. The van der Waals surface area contributed by atoms with Crippen molar-refractivity contribution in [1.29, 1.82) is 0 Å². The van der Waals surface area contributed by atoms with Crippen molar-refractivity contribution in [3.8, 4) is 0 Å². The van der Waals surface area contributed by atoms with E-state index in [-0.39, 0.29) is 24.1 Å². The molecule has 0 aromatic rings. The van der Waals surface area contributed by atoms with Crippen LogP contribution in [0.2, 0.25) is 0 Å². The Bertz CT molecular complexity index is 878. The Morgan fingerprint density at radius 1 is 0.406 bits per heavy atom. The third kappa shape index (κ3) is 41.0. The van der Waals surface area contributed by atoms with Gasteiger partial charge in [-0.15, -0.1) is 0 Å². The van der Waals surface area contributed by atoms with Crippen molar-refractivity contribution < 1.29 is 23.8 Å². The lowest BCUT2D eigenvalue weighted by atomic mass is 10.0. The summed E-state index contributed by atoms with van der Waals surface area (Å²) in [5.74, 6) is 0.0826. The Labute approximate surface area is 399 Å². The molecule has 7 heteroatoms. The monoisotopic (exact) mass is 905 g/mol. The predicted octanol–water partition coefficient (Wildman–Crippen LogP) is 16.5. The number of morpholine rings is 1. The number of nitrogens with zero attached hydrogens (tertiary/aromatic N) is 2. The minimum atomic E-state index is 0.0413. The van der Waals surface area contributed by atoms with E-state index in [1.165, 1.54) is 225 Å². The van der Waals surface area contributed by atoms with Gasteiger partial charge in [0.15, 0.2) is 0 Å². The summed E-state index contributed by atoms with van der Waals surface area (Å²) in [7, 11) is 0. The summed E-state index contributed by atoms with van der Waals surface area (Å²) in [4.78, 5) is 31.1. The topological polar surface area (TPSA) is 68.3 Å². The zero-order chi connectivity index (χ0) is 46.2. The van der Waals surface area contributed by atoms with Crippen LogP contribution in [0, 0.1) is 0 Å². The van der Waals surface area contributed by atoms with Crippen LogP contribution in [0.25, 0.3) is 0 Å². The molecule has 0 amide bonds. The van der Waals surface area contributed by atoms with Crippen LogP contribution >= 0.6 is 0 Å². The van der Waals surface area contributed by atoms with Crippen molar-refractivity contribution in [2.24, 2.45) is 0 Å². The molecule has 0 aromatic carbocycles. The Kier molecular flexibility index (Phi) is 45.9. The number of hydrogen-bond donors (Lipinski definition) is 0. The van der Waals surface area contributed by atoms with E-state index in [4.69, 9.17) is 14.2 Å². The molecular weight excluding hydrogens is 793 g/mol. The van der Waals surface area contributed by atoms with Gasteiger partial charge in [0.05, 0.1) is 13.2 Å². The van der Waals surface area contributed by atoms with Crippen LogP contribution in [0.3, 0.4) is 0 Å². The summed E-state index contributed by atoms with van der Waals surface area (Å²) in [6.45, 7) is 17.7. The first-order valence-electron chi connectivity index (χ1n) is 28.9. The number of rotatable bonds is 50. The molecule has 0 atom stereocenters. The molecule has 0 radical (unpaired) electrons. The number of esters is 2. The van der Waals surface area contributed by atoms with Crippen LogP contribution in [-0.4, -0.2) is 86.4 Å². The van der Waals surface area contributed by atoms with Gasteiger partial charge in [0.1, 0.15) is 12.2 Å². The van der Waals surface area contributed by atoms with Crippen molar-refractivity contribution >= 4 is 11.9 Å². The fraction of sp³-hybridized carbons (Fsp3) is 0.965. The van der Waals surface area contributed by atoms with Crippen molar-refractivity contribution in [3.05, 3.63) is 0 Å². The molecule has 0 unspecified atom stereocenters. The van der Waals surface area contributed by atoms with Crippen LogP contribution in [0.15, 0.2) is 0 Å². The van der Waals surface area contributed by atoms with Crippen molar-refractivity contribution in [3.63, 3.8) is 0 Å². The van der Waals surface area contributed by atoms with Crippen molar-refractivity contribution in [1.82, 2.24) is 9.80 Å². The average molecular weight is 906 g/mol. The normalized spacial score (nSPS) is 13.5. The van der Waals surface area contributed by atoms with E-state index >= 15 is 0 Å². The first-order chi connectivity index (χ1) is 31.5. The molecule has 1 rings (SSSR count). The molecule has 64 heavy (non-hydrogen) atoms. The van der Waals surface area contributed by atoms with Gasteiger partial charge in [-0.05, 0) is 110 Å². The summed E-state index contributed by atoms with van der Waals surface area (Å²) in [6.07, 6.45) is 49.3. The summed E-state index contributed by atoms with van der Waals surface area (Å²) in [5, 5.41) is 0. The van der Waals surface area contributed by atoms with E-state index in [1.807, 2.05) is 0 Å². The highest BCUT2D eigenvalue weighted by Crippen LogP contribution is 2.20. The van der Waals surface area contributed by atoms with E-state index < -0.39 is 0 Å². The molecule has 0 aliphatic carbocycles. The third-order valence-corrected chi connectivity index (χ3v) is 13.9. The summed E-state index contributed by atoms with van der Waals surface area (Å²) in [6, 6.07) is 0. The molecule has 1 heterocycles. The van der Waals surface area contributed by atoms with Gasteiger partial charge in [0, 0.05) is 25.9 Å². The van der Waals surface area contributed by atoms with Gasteiger partial charge < -0.3 is 19.1 Å². The minimum absolute atomic E-state index is 0.0413. The largest absolute Gasteiger partial charge is 0.462 e. The van der Waals surface area contributed by atoms with Gasteiger partial charge >= 0.3 is 11.9 Å². The molecule has 380 valence electrons. The standard InChI is InChI=1S/C57H112N2O5/c1-5-9-13-17-23-31-40-54(41-32-24-18-14-10-6-2)63-56(60)44-35-27-21-29-37-46-58(48-39-49-59-50-52-62-53-51-59)47-38-30-22-28-36-45-57(61)64-55(42-33-25-19-15-11-7-3)43-34-26-20-16-12-8-4/h54-55H,5-53H2,1-4H3. The second kappa shape index (κ2) is 48.3. The number of carbonyl (C=O) groups excluding carboxylic acids is 2. The van der Waals surface area contributed by atoms with Crippen molar-refractivity contribution in [2.45, 2.75) is 303 Å². The molecular formula is C57H112N2O5. The second-order valence-electron chi connectivity index (χ2n) is 20.1. The van der Waals surface area contributed by atoms with Crippen LogP contribution in [0.1, 0.15) is 291 Å². The van der Waals surface area contributed by atoms with Gasteiger partial charge in [-0.3, -0.25) is 14.5 Å². The van der Waals surface area contributed by atoms with Gasteiger partial charge in [-0.25, -0.2) is 0 Å². The average Bonchev–Trinajstić information content (AvgIpc) is 3.30. The zero-order valence-corrected chi connectivity index (χ0v) is 43.7. The Morgan fingerprint density at radius 3 is 1.06 bits per heavy atom. The molecule has 0 bridgehead atoms. The molecule has 0 N–H and O–H groups in total. The number of ether oxygens (including phenoxy) is 3. The van der Waals surface area contributed by atoms with Crippen LogP contribution in [-0.2, 0) is 23.8 Å². The Morgan fingerprint density at radius 2 is 0.703 bits per heavy atom. The predicted molar refractivity (Wildman–Crippen MR) is 275 cm³/mol. The molecule has 0 aromatic heterocycles. The van der Waals surface area contributed by atoms with Gasteiger partial charge in [0.25, 0.3) is 0 Å². The SMILES string of the molecule is CCCCCCCCC(CCCCCCCC)OC(=O)CCCCCCCN(CCCCCCCC(=O)OC(CCCCCCCC)CCCCCCCC)CCCN1CCOCC1. The second-order valence-corrected chi connectivity index (χ2v) is 20.1. The number of unbranched alkanes of at least 4 members (excludes halogenated alkanes) is 28. The van der Waals surface area contributed by atoms with E-state index in [0.717, 1.165) is 77.7 Å². The zero-order valence-electron chi connectivity index (χ0n) is 43.7. The Balaban J connectivity index is 2.38. The summed E-state index contributed by atoms with van der Waals surface area (Å²) < 4.78 is 17.8. The summed E-state index contributed by atoms with van der Waals surface area (Å²) >= 11 is 0. The molecule has 0 spiro atoms. The van der Waals surface area contributed by atoms with Gasteiger partial charge in [-0.2, -0.15) is 0 Å². The fourth-order valence-electron chi connectivity index (χ4n) is 9.57. The molecule has 1 saturated heterocycles. The molecule has 1 aliphatic rings. The van der Waals surface area contributed by atoms with E-state index in [0.29, 0.717) is 12.8 Å². The number of hydrogen-bond acceptors (Lipinski definition) is 7. The lowest BCUT2D eigenvalue weighted by Gasteiger charge is -2.28. The highest BCUT2D eigenvalue weighted by molar-refractivity contribution is 5.69. The summed E-state index contributed by atoms with van der Waals surface area (Å²) in [5.41, 5.74) is 0. The van der Waals surface area contributed by atoms with E-state index in [9.17, 15) is 9.59 Å². The molecule has 7 nitrogen and oxygen atoms in total. The molecule has 0 saturated carbocycles. The van der Waals surface area contributed by atoms with E-state index in [1.54, 1.807) is 0 Å². The minimum Gasteiger partial charge on any atom is -0.462 e. The molecule has 1 fully saturated rings.